The van der Waals surface area contributed by atoms with E-state index in [0.717, 1.165) is 73.6 Å². The molecule has 5 rings (SSSR count). The van der Waals surface area contributed by atoms with Crippen molar-refractivity contribution in [2.24, 2.45) is 0 Å². The summed E-state index contributed by atoms with van der Waals surface area (Å²) in [6, 6.07) is 23.7. The van der Waals surface area contributed by atoms with E-state index in [-0.39, 0.29) is 6.29 Å². The molecule has 300 valence electrons. The molecule has 1 heterocycles. The Morgan fingerprint density at radius 1 is 0.750 bits per heavy atom. The van der Waals surface area contributed by atoms with E-state index in [0.29, 0.717) is 58.2 Å². The summed E-state index contributed by atoms with van der Waals surface area (Å²) in [6.07, 6.45) is 10.1. The molecular formula is C47H60O8Si. The highest BCUT2D eigenvalue weighted by Gasteiger charge is 2.44. The number of carbonyl (C=O) groups is 2. The average molecular weight is 781 g/mol. The molecule has 0 N–H and O–H groups in total. The Labute approximate surface area is 334 Å². The van der Waals surface area contributed by atoms with Gasteiger partial charge in [-0.05, 0) is 127 Å². The second-order valence-electron chi connectivity index (χ2n) is 15.6. The van der Waals surface area contributed by atoms with Crippen molar-refractivity contribution in [3.63, 3.8) is 0 Å². The van der Waals surface area contributed by atoms with Gasteiger partial charge in [-0.25, -0.2) is 9.59 Å². The van der Waals surface area contributed by atoms with Crippen LogP contribution in [-0.2, 0) is 14.0 Å². The number of ether oxygens (including phenoxy) is 5. The lowest BCUT2D eigenvalue weighted by Gasteiger charge is -2.42. The summed E-state index contributed by atoms with van der Waals surface area (Å²) in [5.41, 5.74) is 3.74. The standard InChI is InChI=1S/C47H60O8Si/c1-33(2)56(34(3)4,35(5)6)52-31-14-9-8-13-29-50-39-23-19-38(20-24-39)47(49)53-40-25-27-43(36(7)32-40)54-45(48)28-22-37-21-26-44(42-17-11-10-16-41(37)42)55-46-18-12-15-30-51-46/h10-11,16-17,19-28,32-35,46H,8-9,12-15,18,29-31H2,1-7H3/b28-22+. The fourth-order valence-corrected chi connectivity index (χ4v) is 13.4. The quantitative estimate of drug-likeness (QED) is 0.0305. The molecule has 1 saturated heterocycles. The molecular weight excluding hydrogens is 721 g/mol. The van der Waals surface area contributed by atoms with Crippen molar-refractivity contribution in [3.05, 3.63) is 102 Å². The van der Waals surface area contributed by atoms with Gasteiger partial charge in [-0.3, -0.25) is 0 Å². The summed E-state index contributed by atoms with van der Waals surface area (Å²) in [5.74, 6) is 1.19. The van der Waals surface area contributed by atoms with Gasteiger partial charge in [0.15, 0.2) is 14.6 Å². The van der Waals surface area contributed by atoms with Crippen LogP contribution in [0.3, 0.4) is 0 Å². The Morgan fingerprint density at radius 2 is 1.41 bits per heavy atom. The lowest BCUT2D eigenvalue weighted by atomic mass is 10.0. The molecule has 4 aromatic rings. The maximum Gasteiger partial charge on any atom is 0.343 e. The summed E-state index contributed by atoms with van der Waals surface area (Å²) in [6.45, 7) is 17.9. The largest absolute Gasteiger partial charge is 0.494 e. The van der Waals surface area contributed by atoms with Gasteiger partial charge in [-0.2, -0.15) is 0 Å². The van der Waals surface area contributed by atoms with Crippen LogP contribution >= 0.6 is 0 Å². The van der Waals surface area contributed by atoms with Crippen molar-refractivity contribution >= 4 is 37.1 Å². The van der Waals surface area contributed by atoms with E-state index in [1.165, 1.54) is 6.08 Å². The van der Waals surface area contributed by atoms with Gasteiger partial charge in [0.2, 0.25) is 0 Å². The minimum absolute atomic E-state index is 0.248. The fraction of sp³-hybridized carbons (Fsp3) is 0.447. The molecule has 56 heavy (non-hydrogen) atoms. The zero-order valence-electron chi connectivity index (χ0n) is 34.3. The number of rotatable bonds is 19. The van der Waals surface area contributed by atoms with Gasteiger partial charge >= 0.3 is 11.9 Å². The van der Waals surface area contributed by atoms with Crippen molar-refractivity contribution in [1.82, 2.24) is 0 Å². The molecule has 0 bridgehead atoms. The normalized spacial score (nSPS) is 14.9. The van der Waals surface area contributed by atoms with Crippen LogP contribution in [0.25, 0.3) is 16.8 Å². The third-order valence-corrected chi connectivity index (χ3v) is 16.9. The van der Waals surface area contributed by atoms with E-state index >= 15 is 0 Å². The molecule has 1 unspecified atom stereocenters. The Kier molecular flexibility index (Phi) is 15.7. The smallest absolute Gasteiger partial charge is 0.343 e. The van der Waals surface area contributed by atoms with Crippen LogP contribution in [0.2, 0.25) is 16.6 Å². The highest BCUT2D eigenvalue weighted by Crippen LogP contribution is 2.42. The maximum absolute atomic E-state index is 12.9. The van der Waals surface area contributed by atoms with Gasteiger partial charge in [0.25, 0.3) is 0 Å². The van der Waals surface area contributed by atoms with E-state index in [9.17, 15) is 9.59 Å². The third kappa shape index (κ3) is 11.3. The van der Waals surface area contributed by atoms with Gasteiger partial charge in [-0.1, -0.05) is 78.3 Å². The molecule has 9 heteroatoms. The first-order valence-corrected chi connectivity index (χ1v) is 22.5. The number of hydrogen-bond donors (Lipinski definition) is 0. The van der Waals surface area contributed by atoms with E-state index in [4.69, 9.17) is 28.1 Å². The summed E-state index contributed by atoms with van der Waals surface area (Å²) >= 11 is 0. The van der Waals surface area contributed by atoms with Crippen LogP contribution in [0, 0.1) is 6.92 Å². The van der Waals surface area contributed by atoms with Crippen molar-refractivity contribution in [3.8, 4) is 23.0 Å². The molecule has 0 aliphatic carbocycles. The molecule has 1 aliphatic rings. The first kappa shape index (κ1) is 42.7. The van der Waals surface area contributed by atoms with Gasteiger partial charge in [-0.15, -0.1) is 0 Å². The van der Waals surface area contributed by atoms with Crippen molar-refractivity contribution in [2.45, 2.75) is 116 Å². The summed E-state index contributed by atoms with van der Waals surface area (Å²) in [4.78, 5) is 25.8. The van der Waals surface area contributed by atoms with Crippen LogP contribution in [0.15, 0.2) is 84.9 Å². The van der Waals surface area contributed by atoms with E-state index in [2.05, 4.69) is 41.5 Å². The van der Waals surface area contributed by atoms with Gasteiger partial charge in [0.1, 0.15) is 23.0 Å². The molecule has 0 saturated carbocycles. The number of fused-ring (bicyclic) bond motifs is 1. The second kappa shape index (κ2) is 20.6. The lowest BCUT2D eigenvalue weighted by molar-refractivity contribution is -0.128. The van der Waals surface area contributed by atoms with Crippen molar-refractivity contribution in [1.29, 1.82) is 0 Å². The SMILES string of the molecule is Cc1cc(OC(=O)c2ccc(OCCCCCCO[Si](C(C)C)(C(C)C)C(C)C)cc2)ccc1OC(=O)/C=C/c1ccc(OC2CCCCO2)c2ccccc12. The average Bonchev–Trinajstić information content (AvgIpc) is 3.18. The molecule has 1 atom stereocenters. The number of unbranched alkanes of at least 4 members (excludes halogenated alkanes) is 3. The summed E-state index contributed by atoms with van der Waals surface area (Å²) in [7, 11) is -1.80. The topological polar surface area (TPSA) is 89.5 Å². The first-order chi connectivity index (χ1) is 27.0. The minimum Gasteiger partial charge on any atom is -0.494 e. The predicted octanol–water partition coefficient (Wildman–Crippen LogP) is 12.0. The van der Waals surface area contributed by atoms with Gasteiger partial charge < -0.3 is 28.1 Å². The fourth-order valence-electron chi connectivity index (χ4n) is 7.94. The number of carbonyl (C=O) groups excluding carboxylic acids is 2. The van der Waals surface area contributed by atoms with E-state index in [1.807, 2.05) is 36.4 Å². The second-order valence-corrected chi connectivity index (χ2v) is 21.1. The Balaban J connectivity index is 1.05. The molecule has 1 fully saturated rings. The van der Waals surface area contributed by atoms with Crippen LogP contribution in [0.5, 0.6) is 23.0 Å². The number of benzene rings is 4. The zero-order valence-corrected chi connectivity index (χ0v) is 35.3. The van der Waals surface area contributed by atoms with Crippen LogP contribution in [0.1, 0.15) is 108 Å². The number of aryl methyl sites for hydroxylation is 1. The highest BCUT2D eigenvalue weighted by molar-refractivity contribution is 6.77. The minimum atomic E-state index is -1.80. The first-order valence-electron chi connectivity index (χ1n) is 20.4. The van der Waals surface area contributed by atoms with Gasteiger partial charge in [0.05, 0.1) is 18.8 Å². The number of hydrogen-bond acceptors (Lipinski definition) is 8. The van der Waals surface area contributed by atoms with E-state index in [1.54, 1.807) is 55.5 Å². The molecule has 8 nitrogen and oxygen atoms in total. The zero-order chi connectivity index (χ0) is 40.1. The predicted molar refractivity (Wildman–Crippen MR) is 226 cm³/mol. The summed E-state index contributed by atoms with van der Waals surface area (Å²) in [5, 5.41) is 1.91. The van der Waals surface area contributed by atoms with Crippen LogP contribution in [0.4, 0.5) is 0 Å². The monoisotopic (exact) mass is 780 g/mol. The molecule has 0 amide bonds. The Morgan fingerprint density at radius 3 is 2.07 bits per heavy atom. The third-order valence-electron chi connectivity index (χ3n) is 10.7. The van der Waals surface area contributed by atoms with Crippen LogP contribution < -0.4 is 18.9 Å². The maximum atomic E-state index is 12.9. The van der Waals surface area contributed by atoms with Gasteiger partial charge in [0, 0.05) is 24.5 Å². The Bertz CT molecular complexity index is 1890. The highest BCUT2D eigenvalue weighted by atomic mass is 28.4. The molecule has 0 radical (unpaired) electrons. The van der Waals surface area contributed by atoms with Crippen molar-refractivity contribution < 1.29 is 37.7 Å². The molecule has 4 aromatic carbocycles. The molecule has 1 aliphatic heterocycles. The molecule has 0 spiro atoms. The Hall–Kier alpha value is -4.44. The summed E-state index contributed by atoms with van der Waals surface area (Å²) < 4.78 is 35.8. The van der Waals surface area contributed by atoms with Crippen LogP contribution in [-0.4, -0.2) is 46.4 Å². The van der Waals surface area contributed by atoms with Crippen molar-refractivity contribution in [2.75, 3.05) is 19.8 Å². The van der Waals surface area contributed by atoms with E-state index < -0.39 is 20.3 Å². The molecule has 0 aromatic heterocycles. The lowest BCUT2D eigenvalue weighted by Crippen LogP contribution is -2.47. The number of esters is 2.